The van der Waals surface area contributed by atoms with E-state index in [1.807, 2.05) is 13.8 Å². The van der Waals surface area contributed by atoms with Gasteiger partial charge in [-0.25, -0.2) is 9.79 Å². The van der Waals surface area contributed by atoms with E-state index in [0.29, 0.717) is 42.7 Å². The van der Waals surface area contributed by atoms with Gasteiger partial charge in [0.1, 0.15) is 12.1 Å². The van der Waals surface area contributed by atoms with Gasteiger partial charge in [-0.1, -0.05) is 0 Å². The van der Waals surface area contributed by atoms with Crippen molar-refractivity contribution in [1.29, 1.82) is 0 Å². The Morgan fingerprint density at radius 2 is 2.00 bits per heavy atom. The topological polar surface area (TPSA) is 92.7 Å². The van der Waals surface area contributed by atoms with E-state index < -0.39 is 0 Å². The van der Waals surface area contributed by atoms with Crippen LogP contribution in [0.15, 0.2) is 23.2 Å². The Morgan fingerprint density at radius 1 is 1.25 bits per heavy atom. The third kappa shape index (κ3) is 4.29. The van der Waals surface area contributed by atoms with Crippen LogP contribution < -0.4 is 19.7 Å². The molecule has 3 amide bonds. The number of benzene rings is 1. The third-order valence-corrected chi connectivity index (χ3v) is 4.58. The van der Waals surface area contributed by atoms with Crippen LogP contribution in [0, 0.1) is 0 Å². The minimum absolute atomic E-state index is 0.0146. The van der Waals surface area contributed by atoms with E-state index >= 15 is 0 Å². The maximum absolute atomic E-state index is 12.7. The lowest BCUT2D eigenvalue weighted by Crippen LogP contribution is -2.41. The van der Waals surface area contributed by atoms with Crippen LogP contribution in [0.5, 0.6) is 11.5 Å². The number of anilines is 1. The zero-order valence-electron chi connectivity index (χ0n) is 16.7. The summed E-state index contributed by atoms with van der Waals surface area (Å²) in [5.74, 6) is 1.40. The number of hydrogen-bond acceptors (Lipinski definition) is 6. The largest absolute Gasteiger partial charge is 0.493 e. The number of amides is 3. The summed E-state index contributed by atoms with van der Waals surface area (Å²) < 4.78 is 16.1. The molecule has 1 aromatic rings. The Bertz CT molecular complexity index is 793. The molecule has 0 unspecified atom stereocenters. The number of nitrogens with one attached hydrogen (secondary N) is 1. The summed E-state index contributed by atoms with van der Waals surface area (Å²) >= 11 is 0. The number of methoxy groups -OCH3 is 2. The highest BCUT2D eigenvalue weighted by Crippen LogP contribution is 2.32. The maximum Gasteiger partial charge on any atom is 0.325 e. The Kier molecular flexibility index (Phi) is 5.62. The molecule has 9 nitrogen and oxygen atoms in total. The monoisotopic (exact) mass is 390 g/mol. The molecule has 2 aliphatic heterocycles. The fourth-order valence-corrected chi connectivity index (χ4v) is 3.12. The van der Waals surface area contributed by atoms with Crippen LogP contribution in [0.25, 0.3) is 0 Å². The second-order valence-electron chi connectivity index (χ2n) is 7.24. The number of rotatable bonds is 7. The number of nitrogens with zero attached hydrogens (tertiary/aromatic N) is 3. The van der Waals surface area contributed by atoms with Crippen LogP contribution in [-0.4, -0.2) is 75.3 Å². The van der Waals surface area contributed by atoms with Gasteiger partial charge in [-0.3, -0.25) is 9.69 Å². The predicted molar refractivity (Wildman–Crippen MR) is 104 cm³/mol. The highest BCUT2D eigenvalue weighted by molar-refractivity contribution is 5.97. The van der Waals surface area contributed by atoms with E-state index in [2.05, 4.69) is 10.3 Å². The second-order valence-corrected chi connectivity index (χ2v) is 7.24. The zero-order valence-corrected chi connectivity index (χ0v) is 16.7. The summed E-state index contributed by atoms with van der Waals surface area (Å²) in [6.07, 6.45) is 0. The molecule has 2 heterocycles. The number of urea groups is 1. The van der Waals surface area contributed by atoms with Crippen molar-refractivity contribution in [3.8, 4) is 11.5 Å². The van der Waals surface area contributed by atoms with Gasteiger partial charge in [-0.2, -0.15) is 0 Å². The van der Waals surface area contributed by atoms with Gasteiger partial charge in [0.2, 0.25) is 11.8 Å². The first-order valence-corrected chi connectivity index (χ1v) is 9.10. The first-order valence-electron chi connectivity index (χ1n) is 9.10. The molecule has 0 saturated carbocycles. The Balaban J connectivity index is 1.55. The second kappa shape index (κ2) is 7.95. The average Bonchev–Trinajstić information content (AvgIpc) is 3.21. The summed E-state index contributed by atoms with van der Waals surface area (Å²) in [6.45, 7) is 5.62. The Morgan fingerprint density at radius 3 is 2.64 bits per heavy atom. The number of carbonyl (C=O) groups excluding carboxylic acids is 2. The third-order valence-electron chi connectivity index (χ3n) is 4.58. The van der Waals surface area contributed by atoms with Gasteiger partial charge in [0.05, 0.1) is 27.3 Å². The molecule has 0 spiro atoms. The minimum atomic E-state index is -0.328. The standard InChI is InChI=1S/C19H26N4O5/c1-19(2)12-21-17(28-19)10-20-16(24)11-22-7-8-23(18(22)25)13-5-6-14(26-3)15(9-13)27-4/h5-6,9H,7-8,10-12H2,1-4H3,(H,20,24). The van der Waals surface area contributed by atoms with Gasteiger partial charge in [-0.05, 0) is 26.0 Å². The number of hydrogen-bond donors (Lipinski definition) is 1. The molecule has 0 atom stereocenters. The molecular formula is C19H26N4O5. The van der Waals surface area contributed by atoms with Crippen molar-refractivity contribution in [1.82, 2.24) is 10.2 Å². The molecule has 1 saturated heterocycles. The Labute approximate surface area is 164 Å². The van der Waals surface area contributed by atoms with Gasteiger partial charge < -0.3 is 24.4 Å². The number of aliphatic imine (C=N–C) groups is 1. The molecule has 0 aromatic heterocycles. The molecule has 0 aliphatic carbocycles. The smallest absolute Gasteiger partial charge is 0.325 e. The molecule has 0 radical (unpaired) electrons. The molecule has 9 heteroatoms. The van der Waals surface area contributed by atoms with Crippen LogP contribution in [-0.2, 0) is 9.53 Å². The molecular weight excluding hydrogens is 364 g/mol. The molecule has 1 fully saturated rings. The predicted octanol–water partition coefficient (Wildman–Crippen LogP) is 1.27. The van der Waals surface area contributed by atoms with Gasteiger partial charge in [0.15, 0.2) is 11.5 Å². The fourth-order valence-electron chi connectivity index (χ4n) is 3.12. The van der Waals surface area contributed by atoms with Crippen molar-refractivity contribution in [3.05, 3.63) is 18.2 Å². The first kappa shape index (κ1) is 19.8. The van der Waals surface area contributed by atoms with E-state index in [1.165, 1.54) is 4.90 Å². The van der Waals surface area contributed by atoms with E-state index in [9.17, 15) is 9.59 Å². The minimum Gasteiger partial charge on any atom is -0.493 e. The van der Waals surface area contributed by atoms with Gasteiger partial charge in [-0.15, -0.1) is 0 Å². The molecule has 1 aromatic carbocycles. The van der Waals surface area contributed by atoms with Crippen molar-refractivity contribution in [3.63, 3.8) is 0 Å². The van der Waals surface area contributed by atoms with E-state index in [-0.39, 0.29) is 30.6 Å². The van der Waals surface area contributed by atoms with Crippen molar-refractivity contribution < 1.29 is 23.8 Å². The average molecular weight is 390 g/mol. The van der Waals surface area contributed by atoms with E-state index in [1.54, 1.807) is 37.3 Å². The van der Waals surface area contributed by atoms with E-state index in [0.717, 1.165) is 0 Å². The molecule has 0 bridgehead atoms. The molecule has 2 aliphatic rings. The van der Waals surface area contributed by atoms with E-state index in [4.69, 9.17) is 14.2 Å². The highest BCUT2D eigenvalue weighted by atomic mass is 16.5. The zero-order chi connectivity index (χ0) is 20.3. The van der Waals surface area contributed by atoms with Crippen molar-refractivity contribution in [2.75, 3.05) is 51.8 Å². The SMILES string of the molecule is COc1ccc(N2CCN(CC(=O)NCC3=NCC(C)(C)O3)C2=O)cc1OC. The van der Waals surface area contributed by atoms with Gasteiger partial charge in [0.25, 0.3) is 0 Å². The van der Waals surface area contributed by atoms with Gasteiger partial charge >= 0.3 is 6.03 Å². The van der Waals surface area contributed by atoms with Crippen LogP contribution in [0.3, 0.4) is 0 Å². The molecule has 1 N–H and O–H groups in total. The van der Waals surface area contributed by atoms with Crippen molar-refractivity contribution in [2.24, 2.45) is 4.99 Å². The molecule has 28 heavy (non-hydrogen) atoms. The van der Waals surface area contributed by atoms with Crippen LogP contribution >= 0.6 is 0 Å². The lowest BCUT2D eigenvalue weighted by molar-refractivity contribution is -0.121. The maximum atomic E-state index is 12.7. The number of carbonyl (C=O) groups is 2. The number of ether oxygens (including phenoxy) is 3. The quantitative estimate of drug-likeness (QED) is 0.757. The molecule has 3 rings (SSSR count). The van der Waals surface area contributed by atoms with Crippen LogP contribution in [0.1, 0.15) is 13.8 Å². The van der Waals surface area contributed by atoms with Gasteiger partial charge in [0, 0.05) is 24.8 Å². The Hall–Kier alpha value is -2.97. The normalized spacial score (nSPS) is 18.0. The van der Waals surface area contributed by atoms with Crippen molar-refractivity contribution >= 4 is 23.5 Å². The summed E-state index contributed by atoms with van der Waals surface area (Å²) in [4.78, 5) is 32.3. The van der Waals surface area contributed by atoms with Crippen LogP contribution in [0.4, 0.5) is 10.5 Å². The summed E-state index contributed by atoms with van der Waals surface area (Å²) in [5, 5.41) is 2.75. The molecule has 152 valence electrons. The lowest BCUT2D eigenvalue weighted by Gasteiger charge is -2.20. The summed E-state index contributed by atoms with van der Waals surface area (Å²) in [5.41, 5.74) is 0.367. The fraction of sp³-hybridized carbons (Fsp3) is 0.526. The summed E-state index contributed by atoms with van der Waals surface area (Å²) in [7, 11) is 3.10. The van der Waals surface area contributed by atoms with Crippen LogP contribution in [0.2, 0.25) is 0 Å². The highest BCUT2D eigenvalue weighted by Gasteiger charge is 2.32. The lowest BCUT2D eigenvalue weighted by atomic mass is 10.1. The first-order chi connectivity index (χ1) is 13.3. The van der Waals surface area contributed by atoms with Crippen molar-refractivity contribution in [2.45, 2.75) is 19.4 Å². The summed E-state index contributed by atoms with van der Waals surface area (Å²) in [6, 6.07) is 5.07.